The molecule has 2 atom stereocenters. The Kier molecular flexibility index (Phi) is 8.33. The number of aromatic nitrogens is 1. The number of anilines is 1. The number of hydrogen-bond acceptors (Lipinski definition) is 7. The zero-order chi connectivity index (χ0) is 25.0. The maximum Gasteiger partial charge on any atom is 0.414 e. The summed E-state index contributed by atoms with van der Waals surface area (Å²) in [5.74, 6) is 0.891. The second kappa shape index (κ2) is 11.0. The highest BCUT2D eigenvalue weighted by molar-refractivity contribution is 6.35. The van der Waals surface area contributed by atoms with E-state index >= 15 is 0 Å². The smallest absolute Gasteiger partial charge is 0.414 e. The Hall–Kier alpha value is -2.91. The number of fused-ring (bicyclic) bond motifs is 1. The van der Waals surface area contributed by atoms with Gasteiger partial charge in [0, 0.05) is 35.6 Å². The number of pyridine rings is 1. The van der Waals surface area contributed by atoms with Gasteiger partial charge in [0.25, 0.3) is 0 Å². The van der Waals surface area contributed by atoms with Crippen molar-refractivity contribution in [2.75, 3.05) is 32.8 Å². The molecule has 184 valence electrons. The lowest BCUT2D eigenvalue weighted by Gasteiger charge is -2.42. The highest BCUT2D eigenvalue weighted by atomic mass is 35.5. The number of nitrogens with zero attached hydrogens (tertiary/aromatic N) is 3. The Balaban J connectivity index is 2.18. The largest absolute Gasteiger partial charge is 0.493 e. The number of amides is 2. The minimum Gasteiger partial charge on any atom is -0.493 e. The van der Waals surface area contributed by atoms with Crippen LogP contribution in [0.3, 0.4) is 0 Å². The maximum absolute atomic E-state index is 13.0. The molecule has 3 rings (SSSR count). The van der Waals surface area contributed by atoms with Gasteiger partial charge in [-0.3, -0.25) is 14.8 Å². The molecule has 9 nitrogen and oxygen atoms in total. The summed E-state index contributed by atoms with van der Waals surface area (Å²) < 4.78 is 21.4. The molecule has 11 heteroatoms. The van der Waals surface area contributed by atoms with Crippen molar-refractivity contribution in [2.24, 2.45) is 0 Å². The maximum atomic E-state index is 13.0. The first-order chi connectivity index (χ1) is 16.3. The first kappa shape index (κ1) is 25.7. The van der Waals surface area contributed by atoms with Crippen LogP contribution in [0.1, 0.15) is 37.4 Å². The van der Waals surface area contributed by atoms with Gasteiger partial charge < -0.3 is 18.9 Å². The van der Waals surface area contributed by atoms with Crippen molar-refractivity contribution in [3.63, 3.8) is 0 Å². The number of ether oxygens (including phenoxy) is 4. The fourth-order valence-electron chi connectivity index (χ4n) is 4.10. The van der Waals surface area contributed by atoms with Crippen LogP contribution in [0, 0.1) is 0 Å². The molecule has 0 bridgehead atoms. The predicted octanol–water partition coefficient (Wildman–Crippen LogP) is 5.47. The van der Waals surface area contributed by atoms with Crippen molar-refractivity contribution in [1.82, 2.24) is 9.88 Å². The van der Waals surface area contributed by atoms with Crippen LogP contribution in [0.25, 0.3) is 0 Å². The summed E-state index contributed by atoms with van der Waals surface area (Å²) in [7, 11) is 4.33. The second-order valence-electron chi connectivity index (χ2n) is 7.62. The van der Waals surface area contributed by atoms with Gasteiger partial charge in [0.05, 0.1) is 56.3 Å². The second-order valence-corrected chi connectivity index (χ2v) is 8.43. The molecule has 0 fully saturated rings. The standard InChI is InChI=1S/C23H27Cl2N3O6/c1-6-34-23(30)28-13(2)7-18(14-8-20(31-3)21(32-4)9-19(14)28)27(22(29)33-5)12-15-16(24)10-26-11-17(15)25/h8-11,13,18H,6-7,12H2,1-5H3/t13-,18+/m1/s1. The van der Waals surface area contributed by atoms with E-state index in [9.17, 15) is 9.59 Å². The Morgan fingerprint density at radius 3 is 2.29 bits per heavy atom. The van der Waals surface area contributed by atoms with E-state index in [1.165, 1.54) is 38.6 Å². The normalized spacial score (nSPS) is 17.0. The average Bonchev–Trinajstić information content (AvgIpc) is 2.82. The minimum absolute atomic E-state index is 0.0669. The monoisotopic (exact) mass is 511 g/mol. The van der Waals surface area contributed by atoms with Gasteiger partial charge in [0.1, 0.15) is 0 Å². The van der Waals surface area contributed by atoms with Crippen molar-refractivity contribution >= 4 is 41.1 Å². The molecule has 1 aliphatic rings. The summed E-state index contributed by atoms with van der Waals surface area (Å²) in [4.78, 5) is 32.9. The number of carbonyl (C=O) groups excluding carboxylic acids is 2. The van der Waals surface area contributed by atoms with E-state index in [1.807, 2.05) is 6.92 Å². The van der Waals surface area contributed by atoms with Crippen LogP contribution < -0.4 is 14.4 Å². The first-order valence-electron chi connectivity index (χ1n) is 10.6. The molecule has 1 aromatic carbocycles. The van der Waals surface area contributed by atoms with Crippen LogP contribution in [-0.4, -0.2) is 56.0 Å². The summed E-state index contributed by atoms with van der Waals surface area (Å²) >= 11 is 12.7. The molecule has 2 heterocycles. The van der Waals surface area contributed by atoms with Gasteiger partial charge in [-0.1, -0.05) is 23.2 Å². The minimum atomic E-state index is -0.577. The molecular weight excluding hydrogens is 485 g/mol. The Morgan fingerprint density at radius 1 is 1.12 bits per heavy atom. The third kappa shape index (κ3) is 4.95. The summed E-state index contributed by atoms with van der Waals surface area (Å²) in [5, 5.41) is 0.650. The van der Waals surface area contributed by atoms with E-state index in [1.54, 1.807) is 24.0 Å². The molecular formula is C23H27Cl2N3O6. The van der Waals surface area contributed by atoms with Crippen LogP contribution in [-0.2, 0) is 16.0 Å². The Morgan fingerprint density at radius 2 is 1.74 bits per heavy atom. The number of benzene rings is 1. The highest BCUT2D eigenvalue weighted by Gasteiger charge is 2.40. The zero-order valence-electron chi connectivity index (χ0n) is 19.6. The number of rotatable bonds is 6. The molecule has 0 saturated carbocycles. The highest BCUT2D eigenvalue weighted by Crippen LogP contribution is 2.46. The predicted molar refractivity (Wildman–Crippen MR) is 128 cm³/mol. The molecule has 1 aliphatic heterocycles. The van der Waals surface area contributed by atoms with Gasteiger partial charge in [-0.25, -0.2) is 9.59 Å². The third-order valence-electron chi connectivity index (χ3n) is 5.69. The van der Waals surface area contributed by atoms with Gasteiger partial charge >= 0.3 is 12.2 Å². The average molecular weight is 512 g/mol. The van der Waals surface area contributed by atoms with Crippen molar-refractivity contribution in [1.29, 1.82) is 0 Å². The third-order valence-corrected chi connectivity index (χ3v) is 6.34. The van der Waals surface area contributed by atoms with E-state index in [0.29, 0.717) is 44.8 Å². The molecule has 2 aromatic rings. The fraction of sp³-hybridized carbons (Fsp3) is 0.435. The van der Waals surface area contributed by atoms with Crippen molar-refractivity contribution < 1.29 is 28.5 Å². The van der Waals surface area contributed by atoms with Crippen LogP contribution in [0.4, 0.5) is 15.3 Å². The van der Waals surface area contributed by atoms with Crippen molar-refractivity contribution in [3.8, 4) is 11.5 Å². The van der Waals surface area contributed by atoms with Crippen LogP contribution in [0.5, 0.6) is 11.5 Å². The number of hydrogen-bond donors (Lipinski definition) is 0. The van der Waals surface area contributed by atoms with E-state index in [4.69, 9.17) is 42.1 Å². The van der Waals surface area contributed by atoms with E-state index in [0.717, 1.165) is 0 Å². The molecule has 2 amide bonds. The van der Waals surface area contributed by atoms with Gasteiger partial charge in [-0.2, -0.15) is 0 Å². The molecule has 0 radical (unpaired) electrons. The van der Waals surface area contributed by atoms with Crippen LogP contribution >= 0.6 is 23.2 Å². The van der Waals surface area contributed by atoms with Gasteiger partial charge in [0.15, 0.2) is 11.5 Å². The molecule has 1 aromatic heterocycles. The molecule has 0 spiro atoms. The molecule has 0 saturated heterocycles. The quantitative estimate of drug-likeness (QED) is 0.507. The van der Waals surface area contributed by atoms with E-state index in [2.05, 4.69) is 4.98 Å². The summed E-state index contributed by atoms with van der Waals surface area (Å²) in [5.41, 5.74) is 1.74. The topological polar surface area (TPSA) is 90.4 Å². The fourth-order valence-corrected chi connectivity index (χ4v) is 4.58. The molecule has 0 aliphatic carbocycles. The lowest BCUT2D eigenvalue weighted by Crippen LogP contribution is -2.47. The van der Waals surface area contributed by atoms with Gasteiger partial charge in [0.2, 0.25) is 0 Å². The van der Waals surface area contributed by atoms with Crippen molar-refractivity contribution in [3.05, 3.63) is 45.7 Å². The molecule has 0 unspecified atom stereocenters. The van der Waals surface area contributed by atoms with Crippen LogP contribution in [0.15, 0.2) is 24.5 Å². The van der Waals surface area contributed by atoms with Crippen molar-refractivity contribution in [2.45, 2.75) is 38.9 Å². The summed E-state index contributed by atoms with van der Waals surface area (Å²) in [6.45, 7) is 3.91. The van der Waals surface area contributed by atoms with E-state index < -0.39 is 18.2 Å². The number of methoxy groups -OCH3 is 3. The first-order valence-corrected chi connectivity index (χ1v) is 11.4. The zero-order valence-corrected chi connectivity index (χ0v) is 21.1. The molecule has 0 N–H and O–H groups in total. The van der Waals surface area contributed by atoms with E-state index in [-0.39, 0.29) is 19.2 Å². The summed E-state index contributed by atoms with van der Waals surface area (Å²) in [6, 6.07) is 2.64. The van der Waals surface area contributed by atoms with Gasteiger partial charge in [-0.15, -0.1) is 0 Å². The Labute approximate surface area is 208 Å². The van der Waals surface area contributed by atoms with Crippen LogP contribution in [0.2, 0.25) is 10.0 Å². The lowest BCUT2D eigenvalue weighted by molar-refractivity contribution is 0.0941. The Bertz CT molecular complexity index is 1050. The number of carbonyl (C=O) groups is 2. The summed E-state index contributed by atoms with van der Waals surface area (Å²) in [6.07, 6.45) is 2.26. The number of halogens is 2. The lowest BCUT2D eigenvalue weighted by atomic mass is 9.90. The molecule has 34 heavy (non-hydrogen) atoms. The van der Waals surface area contributed by atoms with Gasteiger partial charge in [-0.05, 0) is 26.3 Å². The SMILES string of the molecule is CCOC(=O)N1c2cc(OC)c(OC)cc2[C@@H](N(Cc2c(Cl)cncc2Cl)C(=O)OC)C[C@H]1C.